The van der Waals surface area contributed by atoms with Crippen LogP contribution >= 0.6 is 0 Å². The number of anilines is 1. The smallest absolute Gasteiger partial charge is 0.225 e. The van der Waals surface area contributed by atoms with E-state index in [1.54, 1.807) is 18.5 Å². The summed E-state index contributed by atoms with van der Waals surface area (Å²) in [6, 6.07) is 8.96. The predicted molar refractivity (Wildman–Crippen MR) is 97.0 cm³/mol. The molecule has 1 saturated heterocycles. The molecule has 4 rings (SSSR count). The Morgan fingerprint density at radius 3 is 2.76 bits per heavy atom. The molecule has 0 spiro atoms. The fraction of sp³-hybridized carbons (Fsp3) is 0.316. The number of piperidine rings is 1. The van der Waals surface area contributed by atoms with Crippen molar-refractivity contribution < 1.29 is 4.39 Å². The molecule has 1 aromatic carbocycles. The van der Waals surface area contributed by atoms with Crippen LogP contribution in [0.15, 0.2) is 42.7 Å². The lowest BCUT2D eigenvalue weighted by Crippen LogP contribution is -2.41. The maximum Gasteiger partial charge on any atom is 0.225 e. The summed E-state index contributed by atoms with van der Waals surface area (Å²) in [6.45, 7) is 1.88. The van der Waals surface area contributed by atoms with Crippen molar-refractivity contribution in [3.8, 4) is 11.3 Å². The highest BCUT2D eigenvalue weighted by atomic mass is 19.1. The van der Waals surface area contributed by atoms with Gasteiger partial charge in [0.05, 0.1) is 11.2 Å². The van der Waals surface area contributed by atoms with E-state index >= 15 is 0 Å². The molecular formula is C19H20FN5. The van der Waals surface area contributed by atoms with Crippen molar-refractivity contribution in [3.05, 3.63) is 48.5 Å². The summed E-state index contributed by atoms with van der Waals surface area (Å²) in [5.74, 6) is 0.480. The van der Waals surface area contributed by atoms with E-state index in [2.05, 4.69) is 20.2 Å². The quantitative estimate of drug-likeness (QED) is 0.796. The van der Waals surface area contributed by atoms with E-state index in [4.69, 9.17) is 4.98 Å². The van der Waals surface area contributed by atoms with Gasteiger partial charge >= 0.3 is 0 Å². The highest BCUT2D eigenvalue weighted by molar-refractivity contribution is 5.82. The topological polar surface area (TPSA) is 53.9 Å². The second-order valence-corrected chi connectivity index (χ2v) is 6.35. The van der Waals surface area contributed by atoms with Crippen molar-refractivity contribution in [1.29, 1.82) is 0 Å². The summed E-state index contributed by atoms with van der Waals surface area (Å²) < 4.78 is 13.5. The standard InChI is InChI=1S/C19H20FN5/c1-21-16-5-8-25(9-6-16)19-22-7-4-18(24-19)14-10-13-11-15(20)2-3-17(13)23-12-14/h2-4,7,10-12,16,21H,5-6,8-9H2,1H3. The molecule has 1 N–H and O–H groups in total. The van der Waals surface area contributed by atoms with Crippen LogP contribution in [-0.4, -0.2) is 41.1 Å². The van der Waals surface area contributed by atoms with Crippen molar-refractivity contribution in [2.24, 2.45) is 0 Å². The summed E-state index contributed by atoms with van der Waals surface area (Å²) in [4.78, 5) is 15.8. The van der Waals surface area contributed by atoms with E-state index < -0.39 is 0 Å². The first-order chi connectivity index (χ1) is 12.2. The molecular weight excluding hydrogens is 317 g/mol. The zero-order valence-corrected chi connectivity index (χ0v) is 14.1. The third-order valence-corrected chi connectivity index (χ3v) is 4.77. The molecule has 0 radical (unpaired) electrons. The van der Waals surface area contributed by atoms with Crippen LogP contribution in [0.4, 0.5) is 10.3 Å². The van der Waals surface area contributed by atoms with Crippen molar-refractivity contribution in [2.75, 3.05) is 25.0 Å². The molecule has 25 heavy (non-hydrogen) atoms. The molecule has 128 valence electrons. The molecule has 1 aliphatic heterocycles. The van der Waals surface area contributed by atoms with Crippen molar-refractivity contribution in [1.82, 2.24) is 20.3 Å². The van der Waals surface area contributed by atoms with Crippen LogP contribution < -0.4 is 10.2 Å². The molecule has 0 saturated carbocycles. The van der Waals surface area contributed by atoms with Gasteiger partial charge in [-0.05, 0) is 50.2 Å². The number of nitrogens with one attached hydrogen (secondary N) is 1. The second-order valence-electron chi connectivity index (χ2n) is 6.35. The van der Waals surface area contributed by atoms with Gasteiger partial charge < -0.3 is 10.2 Å². The Morgan fingerprint density at radius 1 is 1.12 bits per heavy atom. The first-order valence-corrected chi connectivity index (χ1v) is 8.54. The van der Waals surface area contributed by atoms with E-state index in [1.165, 1.54) is 12.1 Å². The Bertz CT molecular complexity index is 890. The lowest BCUT2D eigenvalue weighted by atomic mass is 10.1. The van der Waals surface area contributed by atoms with Crippen LogP contribution in [0.25, 0.3) is 22.2 Å². The number of hydrogen-bond donors (Lipinski definition) is 1. The molecule has 0 unspecified atom stereocenters. The van der Waals surface area contributed by atoms with Gasteiger partial charge in [0, 0.05) is 42.5 Å². The zero-order chi connectivity index (χ0) is 17.2. The molecule has 0 aliphatic carbocycles. The number of aromatic nitrogens is 3. The summed E-state index contributed by atoms with van der Waals surface area (Å²) >= 11 is 0. The van der Waals surface area contributed by atoms with Crippen LogP contribution in [0.3, 0.4) is 0 Å². The number of halogens is 1. The Morgan fingerprint density at radius 2 is 1.96 bits per heavy atom. The van der Waals surface area contributed by atoms with E-state index in [1.807, 2.05) is 19.2 Å². The SMILES string of the molecule is CNC1CCN(c2nccc(-c3cnc4ccc(F)cc4c3)n2)CC1. The van der Waals surface area contributed by atoms with Gasteiger partial charge in [0.15, 0.2) is 0 Å². The van der Waals surface area contributed by atoms with Gasteiger partial charge in [-0.25, -0.2) is 14.4 Å². The number of rotatable bonds is 3. The van der Waals surface area contributed by atoms with Gasteiger partial charge in [0.2, 0.25) is 5.95 Å². The van der Waals surface area contributed by atoms with Gasteiger partial charge in [-0.1, -0.05) is 0 Å². The molecule has 5 nitrogen and oxygen atoms in total. The van der Waals surface area contributed by atoms with E-state index in [9.17, 15) is 4.39 Å². The summed E-state index contributed by atoms with van der Waals surface area (Å²) in [6.07, 6.45) is 5.72. The average Bonchev–Trinajstić information content (AvgIpc) is 2.67. The fourth-order valence-corrected chi connectivity index (χ4v) is 3.27. The lowest BCUT2D eigenvalue weighted by Gasteiger charge is -2.31. The molecule has 3 aromatic rings. The molecule has 0 bridgehead atoms. The second kappa shape index (κ2) is 6.72. The van der Waals surface area contributed by atoms with Crippen molar-refractivity contribution in [3.63, 3.8) is 0 Å². The Labute approximate surface area is 145 Å². The minimum Gasteiger partial charge on any atom is -0.341 e. The number of nitrogens with zero attached hydrogens (tertiary/aromatic N) is 4. The molecule has 6 heteroatoms. The minimum absolute atomic E-state index is 0.262. The van der Waals surface area contributed by atoms with Crippen LogP contribution in [-0.2, 0) is 0 Å². The van der Waals surface area contributed by atoms with Gasteiger partial charge in [-0.15, -0.1) is 0 Å². The Kier molecular flexibility index (Phi) is 4.28. The third kappa shape index (κ3) is 3.30. The normalized spacial score (nSPS) is 15.7. The number of benzene rings is 1. The van der Waals surface area contributed by atoms with Crippen LogP contribution in [0.1, 0.15) is 12.8 Å². The first-order valence-electron chi connectivity index (χ1n) is 8.54. The van der Waals surface area contributed by atoms with E-state index in [0.29, 0.717) is 6.04 Å². The average molecular weight is 337 g/mol. The zero-order valence-electron chi connectivity index (χ0n) is 14.1. The van der Waals surface area contributed by atoms with Crippen molar-refractivity contribution >= 4 is 16.9 Å². The summed E-state index contributed by atoms with van der Waals surface area (Å²) in [7, 11) is 2.01. The highest BCUT2D eigenvalue weighted by Crippen LogP contribution is 2.24. The molecule has 0 amide bonds. The maximum atomic E-state index is 13.5. The van der Waals surface area contributed by atoms with Crippen LogP contribution in [0.2, 0.25) is 0 Å². The number of pyridine rings is 1. The first kappa shape index (κ1) is 15.9. The number of hydrogen-bond acceptors (Lipinski definition) is 5. The highest BCUT2D eigenvalue weighted by Gasteiger charge is 2.20. The van der Waals surface area contributed by atoms with Crippen molar-refractivity contribution in [2.45, 2.75) is 18.9 Å². The largest absolute Gasteiger partial charge is 0.341 e. The summed E-state index contributed by atoms with van der Waals surface area (Å²) in [5, 5.41) is 4.10. The molecule has 1 aliphatic rings. The monoisotopic (exact) mass is 337 g/mol. The lowest BCUT2D eigenvalue weighted by molar-refractivity contribution is 0.439. The third-order valence-electron chi connectivity index (χ3n) is 4.77. The van der Waals surface area contributed by atoms with Crippen LogP contribution in [0.5, 0.6) is 0 Å². The molecule has 1 fully saturated rings. The van der Waals surface area contributed by atoms with Gasteiger partial charge in [0.1, 0.15) is 5.82 Å². The number of fused-ring (bicyclic) bond motifs is 1. The molecule has 0 atom stereocenters. The Balaban J connectivity index is 1.63. The molecule has 2 aromatic heterocycles. The summed E-state index contributed by atoms with van der Waals surface area (Å²) in [5.41, 5.74) is 2.44. The molecule has 3 heterocycles. The van der Waals surface area contributed by atoms with Gasteiger partial charge in [0.25, 0.3) is 0 Å². The van der Waals surface area contributed by atoms with Crippen LogP contribution in [0, 0.1) is 5.82 Å². The minimum atomic E-state index is -0.262. The fourth-order valence-electron chi connectivity index (χ4n) is 3.27. The van der Waals surface area contributed by atoms with E-state index in [-0.39, 0.29) is 5.82 Å². The van der Waals surface area contributed by atoms with Gasteiger partial charge in [-0.3, -0.25) is 4.98 Å². The van der Waals surface area contributed by atoms with E-state index in [0.717, 1.165) is 54.0 Å². The Hall–Kier alpha value is -2.60. The predicted octanol–water partition coefficient (Wildman–Crippen LogP) is 3.02. The van der Waals surface area contributed by atoms with Gasteiger partial charge in [-0.2, -0.15) is 0 Å². The maximum absolute atomic E-state index is 13.5.